The van der Waals surface area contributed by atoms with Crippen LogP contribution >= 0.6 is 15.9 Å². The molecule has 0 aliphatic carbocycles. The number of halogens is 1. The molecule has 2 atom stereocenters. The van der Waals surface area contributed by atoms with E-state index >= 15 is 0 Å². The van der Waals surface area contributed by atoms with Crippen LogP contribution < -0.4 is 5.32 Å². The summed E-state index contributed by atoms with van der Waals surface area (Å²) in [6.07, 6.45) is 0. The lowest BCUT2D eigenvalue weighted by Crippen LogP contribution is -2.23. The van der Waals surface area contributed by atoms with Crippen molar-refractivity contribution in [1.29, 1.82) is 0 Å². The molecule has 0 saturated heterocycles. The van der Waals surface area contributed by atoms with Crippen LogP contribution in [0.4, 0.5) is 0 Å². The van der Waals surface area contributed by atoms with Crippen molar-refractivity contribution < 1.29 is 0 Å². The van der Waals surface area contributed by atoms with Gasteiger partial charge in [-0.3, -0.25) is 0 Å². The van der Waals surface area contributed by atoms with Gasteiger partial charge in [-0.2, -0.15) is 0 Å². The Morgan fingerprint density at radius 1 is 0.895 bits per heavy atom. The summed E-state index contributed by atoms with van der Waals surface area (Å²) in [6.45, 7) is 5.46. The standard InChI is InChI=1S/C17H20BrN/c1-13(15-6-4-3-5-7-15)12-19-14(2)16-8-10-17(18)11-9-16/h3-11,13-14,19H,12H2,1-2H3. The number of hydrogen-bond donors (Lipinski definition) is 1. The van der Waals surface area contributed by atoms with Crippen LogP contribution in [-0.2, 0) is 0 Å². The lowest BCUT2D eigenvalue weighted by atomic mass is 10.0. The molecule has 100 valence electrons. The Morgan fingerprint density at radius 3 is 2.16 bits per heavy atom. The first kappa shape index (κ1) is 14.3. The van der Waals surface area contributed by atoms with Gasteiger partial charge in [0.2, 0.25) is 0 Å². The van der Waals surface area contributed by atoms with Crippen molar-refractivity contribution in [2.45, 2.75) is 25.8 Å². The van der Waals surface area contributed by atoms with Crippen LogP contribution in [0.15, 0.2) is 59.1 Å². The highest BCUT2D eigenvalue weighted by atomic mass is 79.9. The van der Waals surface area contributed by atoms with E-state index in [1.165, 1.54) is 11.1 Å². The van der Waals surface area contributed by atoms with Crippen LogP contribution in [0.1, 0.15) is 36.9 Å². The van der Waals surface area contributed by atoms with Crippen molar-refractivity contribution in [3.05, 3.63) is 70.2 Å². The molecule has 0 aliphatic rings. The van der Waals surface area contributed by atoms with E-state index in [-0.39, 0.29) is 0 Å². The van der Waals surface area contributed by atoms with Crippen molar-refractivity contribution in [3.63, 3.8) is 0 Å². The van der Waals surface area contributed by atoms with Gasteiger partial charge in [-0.1, -0.05) is 65.3 Å². The SMILES string of the molecule is CC(CNC(C)c1ccc(Br)cc1)c1ccccc1. The van der Waals surface area contributed by atoms with Crippen molar-refractivity contribution >= 4 is 15.9 Å². The maximum Gasteiger partial charge on any atom is 0.0292 e. The number of rotatable bonds is 5. The van der Waals surface area contributed by atoms with Crippen molar-refractivity contribution in [2.75, 3.05) is 6.54 Å². The topological polar surface area (TPSA) is 12.0 Å². The number of benzene rings is 2. The molecule has 0 fully saturated rings. The molecule has 1 N–H and O–H groups in total. The van der Waals surface area contributed by atoms with E-state index in [9.17, 15) is 0 Å². The summed E-state index contributed by atoms with van der Waals surface area (Å²) in [5.41, 5.74) is 2.71. The van der Waals surface area contributed by atoms with Gasteiger partial charge in [-0.25, -0.2) is 0 Å². The summed E-state index contributed by atoms with van der Waals surface area (Å²) in [4.78, 5) is 0. The average Bonchev–Trinajstić information content (AvgIpc) is 2.46. The van der Waals surface area contributed by atoms with Crippen molar-refractivity contribution in [2.24, 2.45) is 0 Å². The van der Waals surface area contributed by atoms with Gasteiger partial charge in [0.15, 0.2) is 0 Å². The summed E-state index contributed by atoms with van der Waals surface area (Å²) in [6, 6.07) is 19.5. The zero-order chi connectivity index (χ0) is 13.7. The van der Waals surface area contributed by atoms with Gasteiger partial charge < -0.3 is 5.32 Å². The lowest BCUT2D eigenvalue weighted by molar-refractivity contribution is 0.537. The second-order valence-electron chi connectivity index (χ2n) is 4.99. The Balaban J connectivity index is 1.90. The summed E-state index contributed by atoms with van der Waals surface area (Å²) in [5.74, 6) is 0.527. The fourth-order valence-corrected chi connectivity index (χ4v) is 2.39. The minimum atomic E-state index is 0.374. The van der Waals surface area contributed by atoms with Gasteiger partial charge in [-0.15, -0.1) is 0 Å². The second kappa shape index (κ2) is 6.88. The Hall–Kier alpha value is -1.12. The maximum atomic E-state index is 3.60. The Bertz CT molecular complexity index is 492. The average molecular weight is 318 g/mol. The molecule has 0 heterocycles. The second-order valence-corrected chi connectivity index (χ2v) is 5.91. The molecule has 0 aromatic heterocycles. The fourth-order valence-electron chi connectivity index (χ4n) is 2.12. The summed E-state index contributed by atoms with van der Waals surface area (Å²) in [5, 5.41) is 3.60. The highest BCUT2D eigenvalue weighted by molar-refractivity contribution is 9.10. The zero-order valence-electron chi connectivity index (χ0n) is 11.4. The van der Waals surface area contributed by atoms with E-state index in [0.717, 1.165) is 11.0 Å². The minimum absolute atomic E-state index is 0.374. The van der Waals surface area contributed by atoms with E-state index < -0.39 is 0 Å². The van der Waals surface area contributed by atoms with Gasteiger partial charge in [0.05, 0.1) is 0 Å². The smallest absolute Gasteiger partial charge is 0.0292 e. The van der Waals surface area contributed by atoms with Gasteiger partial charge >= 0.3 is 0 Å². The molecule has 0 radical (unpaired) electrons. The van der Waals surface area contributed by atoms with Crippen LogP contribution in [0.2, 0.25) is 0 Å². The van der Waals surface area contributed by atoms with Crippen LogP contribution in [-0.4, -0.2) is 6.54 Å². The molecule has 0 amide bonds. The normalized spacial score (nSPS) is 14.1. The zero-order valence-corrected chi connectivity index (χ0v) is 13.0. The third kappa shape index (κ3) is 4.19. The highest BCUT2D eigenvalue weighted by Crippen LogP contribution is 2.18. The largest absolute Gasteiger partial charge is 0.310 e. The maximum absolute atomic E-state index is 3.60. The van der Waals surface area contributed by atoms with Crippen molar-refractivity contribution in [3.8, 4) is 0 Å². The Kier molecular flexibility index (Phi) is 5.17. The predicted molar refractivity (Wildman–Crippen MR) is 85.4 cm³/mol. The van der Waals surface area contributed by atoms with E-state index in [0.29, 0.717) is 12.0 Å². The Morgan fingerprint density at radius 2 is 1.53 bits per heavy atom. The summed E-state index contributed by atoms with van der Waals surface area (Å²) < 4.78 is 1.13. The van der Waals surface area contributed by atoms with E-state index in [4.69, 9.17) is 0 Å². The van der Waals surface area contributed by atoms with Gasteiger partial charge in [0.25, 0.3) is 0 Å². The highest BCUT2D eigenvalue weighted by Gasteiger charge is 2.08. The van der Waals surface area contributed by atoms with E-state index in [2.05, 4.69) is 89.7 Å². The lowest BCUT2D eigenvalue weighted by Gasteiger charge is -2.18. The molecule has 19 heavy (non-hydrogen) atoms. The van der Waals surface area contributed by atoms with E-state index in [1.54, 1.807) is 0 Å². The first-order valence-electron chi connectivity index (χ1n) is 6.70. The number of nitrogens with one attached hydrogen (secondary N) is 1. The van der Waals surface area contributed by atoms with Gasteiger partial charge in [-0.05, 0) is 36.1 Å². The quantitative estimate of drug-likeness (QED) is 0.826. The molecule has 0 aliphatic heterocycles. The van der Waals surface area contributed by atoms with Gasteiger partial charge in [0.1, 0.15) is 0 Å². The third-order valence-electron chi connectivity index (χ3n) is 3.47. The summed E-state index contributed by atoms with van der Waals surface area (Å²) >= 11 is 3.47. The molecule has 2 unspecified atom stereocenters. The monoisotopic (exact) mass is 317 g/mol. The molecule has 0 spiro atoms. The molecule has 2 heteroatoms. The molecule has 2 rings (SSSR count). The third-order valence-corrected chi connectivity index (χ3v) is 4.00. The fraction of sp³-hybridized carbons (Fsp3) is 0.294. The molecular weight excluding hydrogens is 298 g/mol. The molecule has 2 aromatic carbocycles. The molecule has 1 nitrogen and oxygen atoms in total. The molecule has 0 bridgehead atoms. The van der Waals surface area contributed by atoms with Crippen molar-refractivity contribution in [1.82, 2.24) is 5.32 Å². The molecule has 0 saturated carbocycles. The number of hydrogen-bond acceptors (Lipinski definition) is 1. The van der Waals surface area contributed by atoms with E-state index in [1.807, 2.05) is 0 Å². The van der Waals surface area contributed by atoms with Crippen LogP contribution in [0.25, 0.3) is 0 Å². The van der Waals surface area contributed by atoms with Crippen LogP contribution in [0.5, 0.6) is 0 Å². The summed E-state index contributed by atoms with van der Waals surface area (Å²) in [7, 11) is 0. The first-order chi connectivity index (χ1) is 9.16. The van der Waals surface area contributed by atoms with Crippen LogP contribution in [0.3, 0.4) is 0 Å². The first-order valence-corrected chi connectivity index (χ1v) is 7.50. The Labute approximate surface area is 124 Å². The molecule has 2 aromatic rings. The minimum Gasteiger partial charge on any atom is -0.310 e. The van der Waals surface area contributed by atoms with Gasteiger partial charge in [0, 0.05) is 17.1 Å². The molecular formula is C17H20BrN. The predicted octanol–water partition coefficient (Wildman–Crippen LogP) is 4.90. The van der Waals surface area contributed by atoms with Crippen LogP contribution in [0, 0.1) is 0 Å².